The summed E-state index contributed by atoms with van der Waals surface area (Å²) in [5, 5.41) is 0. The van der Waals surface area contributed by atoms with Crippen molar-refractivity contribution in [1.29, 1.82) is 0 Å². The van der Waals surface area contributed by atoms with Crippen LogP contribution in [-0.4, -0.2) is 53.9 Å². The Morgan fingerprint density at radius 1 is 0.947 bits per heavy atom. The number of hydrogen-bond donors (Lipinski definition) is 0. The Hall–Kier alpha value is -2.82. The zero-order valence-corrected chi connectivity index (χ0v) is 23.7. The second-order valence-electron chi connectivity index (χ2n) is 11.5. The minimum atomic E-state index is -0.400. The molecule has 2 heterocycles. The molecular formula is C33H46N2O3. The maximum atomic E-state index is 14.1. The van der Waals surface area contributed by atoms with Crippen LogP contribution < -0.4 is 4.74 Å². The first kappa shape index (κ1) is 28.2. The molecule has 0 aliphatic carbocycles. The molecule has 0 unspecified atom stereocenters. The number of piperidine rings is 1. The minimum Gasteiger partial charge on any atom is -0.491 e. The normalized spacial score (nSPS) is 18.5. The Morgan fingerprint density at radius 3 is 2.39 bits per heavy atom. The van der Waals surface area contributed by atoms with Gasteiger partial charge in [0.1, 0.15) is 12.4 Å². The van der Waals surface area contributed by atoms with Crippen LogP contribution in [0.2, 0.25) is 0 Å². The van der Waals surface area contributed by atoms with E-state index in [9.17, 15) is 9.59 Å². The Bertz CT molecular complexity index is 1050. The molecule has 206 valence electrons. The van der Waals surface area contributed by atoms with Crippen molar-refractivity contribution in [2.24, 2.45) is 5.41 Å². The Kier molecular flexibility index (Phi) is 9.87. The number of unbranched alkanes of at least 4 members (excludes halogenated alkanes) is 2. The van der Waals surface area contributed by atoms with E-state index in [1.807, 2.05) is 34.1 Å². The van der Waals surface area contributed by atoms with Gasteiger partial charge in [0.15, 0.2) is 0 Å². The second-order valence-corrected chi connectivity index (χ2v) is 11.5. The third-order valence-corrected chi connectivity index (χ3v) is 8.53. The minimum absolute atomic E-state index is 0.0892. The molecule has 2 aliphatic rings. The van der Waals surface area contributed by atoms with Gasteiger partial charge in [0.25, 0.3) is 5.91 Å². The van der Waals surface area contributed by atoms with Gasteiger partial charge in [-0.25, -0.2) is 0 Å². The predicted octanol–water partition coefficient (Wildman–Crippen LogP) is 6.68. The number of likely N-dealkylation sites (tertiary alicyclic amines) is 1. The summed E-state index contributed by atoms with van der Waals surface area (Å²) >= 11 is 0. The van der Waals surface area contributed by atoms with E-state index in [2.05, 4.69) is 45.0 Å². The van der Waals surface area contributed by atoms with E-state index in [0.717, 1.165) is 56.3 Å². The molecule has 1 spiro atoms. The highest BCUT2D eigenvalue weighted by molar-refractivity contribution is 5.94. The summed E-state index contributed by atoms with van der Waals surface area (Å²) in [4.78, 5) is 31.4. The monoisotopic (exact) mass is 518 g/mol. The molecule has 38 heavy (non-hydrogen) atoms. The molecule has 2 aromatic rings. The molecule has 5 heteroatoms. The standard InChI is InChI=1S/C33H46N2O3/c1-4-5-6-11-27-15-17-29(18-16-27)31(36)34-22-20-33(21-23-34)19-10-9-13-28-12-7-8-14-30(28)38-25-24-35(26(2)3)32(33)37/h7-8,12,14-18,26H,4-6,9-11,13,19-25H2,1-3H3. The van der Waals surface area contributed by atoms with Gasteiger partial charge in [-0.1, -0.05) is 56.5 Å². The van der Waals surface area contributed by atoms with Gasteiger partial charge in [0, 0.05) is 24.7 Å². The van der Waals surface area contributed by atoms with Crippen LogP contribution in [0.3, 0.4) is 0 Å². The quantitative estimate of drug-likeness (QED) is 0.401. The van der Waals surface area contributed by atoms with Crippen molar-refractivity contribution >= 4 is 11.8 Å². The fraction of sp³-hybridized carbons (Fsp3) is 0.576. The summed E-state index contributed by atoms with van der Waals surface area (Å²) in [6, 6.07) is 16.6. The zero-order chi connectivity index (χ0) is 27.0. The molecule has 5 nitrogen and oxygen atoms in total. The first-order chi connectivity index (χ1) is 18.4. The molecule has 0 atom stereocenters. The molecule has 2 aromatic carbocycles. The van der Waals surface area contributed by atoms with E-state index in [-0.39, 0.29) is 17.9 Å². The lowest BCUT2D eigenvalue weighted by Crippen LogP contribution is -2.53. The van der Waals surface area contributed by atoms with Crippen LogP contribution in [0.4, 0.5) is 0 Å². The summed E-state index contributed by atoms with van der Waals surface area (Å²) in [6.07, 6.45) is 10.1. The Labute approximate surface area is 229 Å². The van der Waals surface area contributed by atoms with Gasteiger partial charge in [-0.15, -0.1) is 0 Å². The van der Waals surface area contributed by atoms with Gasteiger partial charge in [0.05, 0.1) is 12.0 Å². The summed E-state index contributed by atoms with van der Waals surface area (Å²) in [5.74, 6) is 1.28. The van der Waals surface area contributed by atoms with Crippen LogP contribution in [0.25, 0.3) is 0 Å². The molecule has 2 amide bonds. The molecule has 4 rings (SSSR count). The first-order valence-corrected chi connectivity index (χ1v) is 14.8. The van der Waals surface area contributed by atoms with E-state index >= 15 is 0 Å². The lowest BCUT2D eigenvalue weighted by molar-refractivity contribution is -0.148. The maximum absolute atomic E-state index is 14.1. The Balaban J connectivity index is 1.44. The number of fused-ring (bicyclic) bond motifs is 1. The average Bonchev–Trinajstić information content (AvgIpc) is 2.93. The van der Waals surface area contributed by atoms with Gasteiger partial charge in [-0.05, 0) is 88.1 Å². The number of hydrogen-bond acceptors (Lipinski definition) is 3. The third-order valence-electron chi connectivity index (χ3n) is 8.53. The van der Waals surface area contributed by atoms with Crippen molar-refractivity contribution in [3.8, 4) is 5.75 Å². The topological polar surface area (TPSA) is 49.9 Å². The lowest BCUT2D eigenvalue weighted by atomic mass is 9.72. The van der Waals surface area contributed by atoms with Crippen LogP contribution in [0, 0.1) is 5.41 Å². The number of aryl methyl sites for hydroxylation is 2. The largest absolute Gasteiger partial charge is 0.491 e. The van der Waals surface area contributed by atoms with E-state index in [1.54, 1.807) is 0 Å². The molecule has 0 aromatic heterocycles. The summed E-state index contributed by atoms with van der Waals surface area (Å²) in [7, 11) is 0. The average molecular weight is 519 g/mol. The van der Waals surface area contributed by atoms with E-state index < -0.39 is 5.41 Å². The van der Waals surface area contributed by atoms with Gasteiger partial charge in [-0.3, -0.25) is 9.59 Å². The van der Waals surface area contributed by atoms with Crippen molar-refractivity contribution in [2.75, 3.05) is 26.2 Å². The van der Waals surface area contributed by atoms with E-state index in [4.69, 9.17) is 4.74 Å². The summed E-state index contributed by atoms with van der Waals surface area (Å²) in [5.41, 5.74) is 2.90. The maximum Gasteiger partial charge on any atom is 0.253 e. The molecule has 0 bridgehead atoms. The van der Waals surface area contributed by atoms with E-state index in [1.165, 1.54) is 30.4 Å². The smallest absolute Gasteiger partial charge is 0.253 e. The van der Waals surface area contributed by atoms with Gasteiger partial charge in [0.2, 0.25) is 5.91 Å². The number of amides is 2. The van der Waals surface area contributed by atoms with Crippen molar-refractivity contribution < 1.29 is 14.3 Å². The van der Waals surface area contributed by atoms with Gasteiger partial charge in [-0.2, -0.15) is 0 Å². The van der Waals surface area contributed by atoms with Gasteiger partial charge >= 0.3 is 0 Å². The van der Waals surface area contributed by atoms with Crippen molar-refractivity contribution in [1.82, 2.24) is 9.80 Å². The predicted molar refractivity (Wildman–Crippen MR) is 154 cm³/mol. The third kappa shape index (κ3) is 6.78. The van der Waals surface area contributed by atoms with Crippen LogP contribution in [-0.2, 0) is 17.6 Å². The summed E-state index contributed by atoms with van der Waals surface area (Å²) < 4.78 is 6.15. The first-order valence-electron chi connectivity index (χ1n) is 14.8. The molecule has 0 saturated carbocycles. The SMILES string of the molecule is CCCCCc1ccc(C(=O)N2CCC3(CCCCc4ccccc4OCCN(C(C)C)C3=O)CC2)cc1. The number of para-hydroxylation sites is 1. The molecule has 1 saturated heterocycles. The number of rotatable bonds is 6. The number of ether oxygens (including phenoxy) is 1. The zero-order valence-electron chi connectivity index (χ0n) is 23.7. The highest BCUT2D eigenvalue weighted by Gasteiger charge is 2.44. The number of carbonyl (C=O) groups excluding carboxylic acids is 2. The molecule has 1 fully saturated rings. The fourth-order valence-electron chi connectivity index (χ4n) is 6.07. The molecular weight excluding hydrogens is 472 g/mol. The highest BCUT2D eigenvalue weighted by Crippen LogP contribution is 2.40. The lowest BCUT2D eigenvalue weighted by Gasteiger charge is -2.44. The van der Waals surface area contributed by atoms with Crippen LogP contribution in [0.1, 0.15) is 93.6 Å². The number of benzene rings is 2. The van der Waals surface area contributed by atoms with Crippen molar-refractivity contribution in [3.05, 3.63) is 65.2 Å². The molecule has 0 radical (unpaired) electrons. The number of carbonyl (C=O) groups is 2. The number of nitrogens with zero attached hydrogens (tertiary/aromatic N) is 2. The van der Waals surface area contributed by atoms with E-state index in [0.29, 0.717) is 26.2 Å². The molecule has 2 aliphatic heterocycles. The Morgan fingerprint density at radius 2 is 1.68 bits per heavy atom. The van der Waals surface area contributed by atoms with Gasteiger partial charge < -0.3 is 14.5 Å². The van der Waals surface area contributed by atoms with Crippen LogP contribution in [0.5, 0.6) is 5.75 Å². The summed E-state index contributed by atoms with van der Waals surface area (Å²) in [6.45, 7) is 8.75. The van der Waals surface area contributed by atoms with Crippen molar-refractivity contribution in [2.45, 2.75) is 91.0 Å². The second kappa shape index (κ2) is 13.3. The fourth-order valence-corrected chi connectivity index (χ4v) is 6.07. The molecule has 0 N–H and O–H groups in total. The van der Waals surface area contributed by atoms with Crippen LogP contribution in [0.15, 0.2) is 48.5 Å². The highest BCUT2D eigenvalue weighted by atomic mass is 16.5. The van der Waals surface area contributed by atoms with Crippen LogP contribution >= 0.6 is 0 Å². The van der Waals surface area contributed by atoms with Crippen molar-refractivity contribution in [3.63, 3.8) is 0 Å².